The zero-order valence-electron chi connectivity index (χ0n) is 14.7. The van der Waals surface area contributed by atoms with Crippen LogP contribution in [0.4, 0.5) is 4.79 Å². The summed E-state index contributed by atoms with van der Waals surface area (Å²) in [5, 5.41) is 9.12. The minimum Gasteiger partial charge on any atom is -0.478 e. The highest BCUT2D eigenvalue weighted by Crippen LogP contribution is 2.15. The first-order valence-electron chi connectivity index (χ1n) is 7.50. The predicted octanol–water partition coefficient (Wildman–Crippen LogP) is 0.417. The maximum atomic E-state index is 12.4. The Labute approximate surface area is 155 Å². The number of amides is 2. The van der Waals surface area contributed by atoms with Gasteiger partial charge in [-0.05, 0) is 19.1 Å². The van der Waals surface area contributed by atoms with Crippen molar-refractivity contribution in [3.63, 3.8) is 0 Å². The lowest BCUT2D eigenvalue weighted by Crippen LogP contribution is -2.41. The molecule has 0 aliphatic heterocycles. The van der Waals surface area contributed by atoms with Gasteiger partial charge in [0, 0.05) is 7.05 Å². The van der Waals surface area contributed by atoms with Gasteiger partial charge >= 0.3 is 18.0 Å². The number of benzene rings is 1. The smallest absolute Gasteiger partial charge is 0.337 e. The number of methoxy groups -OCH3 is 1. The Bertz CT molecular complexity index is 978. The predicted molar refractivity (Wildman–Crippen MR) is 91.7 cm³/mol. The quantitative estimate of drug-likeness (QED) is 0.708. The summed E-state index contributed by atoms with van der Waals surface area (Å²) < 4.78 is 31.5. The molecule has 0 aliphatic rings. The number of nitrogens with zero attached hydrogens (tertiary/aromatic N) is 4. The zero-order valence-corrected chi connectivity index (χ0v) is 15.5. The summed E-state index contributed by atoms with van der Waals surface area (Å²) in [6.45, 7) is 1.49. The van der Waals surface area contributed by atoms with Crippen LogP contribution >= 0.6 is 0 Å². The number of hydrogen-bond acceptors (Lipinski definition) is 8. The fourth-order valence-electron chi connectivity index (χ4n) is 2.08. The molecule has 2 aromatic rings. The number of nitrogens with one attached hydrogen (secondary N) is 1. The maximum Gasteiger partial charge on any atom is 0.337 e. The zero-order chi connectivity index (χ0) is 20.2. The van der Waals surface area contributed by atoms with Crippen LogP contribution in [0.5, 0.6) is 6.01 Å². The van der Waals surface area contributed by atoms with E-state index >= 15 is 0 Å². The summed E-state index contributed by atoms with van der Waals surface area (Å²) in [6.07, 6.45) is 0. The van der Waals surface area contributed by atoms with Crippen molar-refractivity contribution in [3.05, 3.63) is 41.5 Å². The molecule has 1 heterocycles. The van der Waals surface area contributed by atoms with Crippen molar-refractivity contribution < 1.29 is 27.9 Å². The van der Waals surface area contributed by atoms with Crippen molar-refractivity contribution in [1.82, 2.24) is 24.6 Å². The van der Waals surface area contributed by atoms with E-state index in [1.165, 1.54) is 26.3 Å². The number of aromatic carboxylic acids is 1. The molecule has 1 aromatic carbocycles. The van der Waals surface area contributed by atoms with Crippen LogP contribution in [0.15, 0.2) is 29.2 Å². The number of ether oxygens (including phenoxy) is 1. The summed E-state index contributed by atoms with van der Waals surface area (Å²) in [7, 11) is -1.68. The normalized spacial score (nSPS) is 10.9. The molecule has 0 aliphatic carbocycles. The third-order valence-electron chi connectivity index (χ3n) is 3.31. The molecule has 0 radical (unpaired) electrons. The highest BCUT2D eigenvalue weighted by Gasteiger charge is 2.25. The molecule has 0 fully saturated rings. The summed E-state index contributed by atoms with van der Waals surface area (Å²) in [5.41, 5.74) is -0.446. The van der Waals surface area contributed by atoms with Gasteiger partial charge in [-0.25, -0.2) is 27.7 Å². The standard InChI is InChI=1S/C15H17N5O6S/c1-9-16-12(18-14(17-9)26-3)8-20(2)15(23)19-27(24,25)11-7-5-4-6-10(11)13(21)22/h4-7H,8H2,1-3H3,(H,19,23)(H,21,22). The van der Waals surface area contributed by atoms with Crippen molar-refractivity contribution >= 4 is 22.0 Å². The molecular formula is C15H17N5O6S. The molecule has 144 valence electrons. The van der Waals surface area contributed by atoms with Crippen molar-refractivity contribution in [2.45, 2.75) is 18.4 Å². The minimum atomic E-state index is -4.39. The van der Waals surface area contributed by atoms with Gasteiger partial charge in [-0.3, -0.25) is 0 Å². The fraction of sp³-hybridized carbons (Fsp3) is 0.267. The van der Waals surface area contributed by atoms with Gasteiger partial charge in [-0.2, -0.15) is 9.97 Å². The average molecular weight is 395 g/mol. The molecule has 0 spiro atoms. The van der Waals surface area contributed by atoms with Crippen LogP contribution in [-0.4, -0.2) is 59.5 Å². The second-order valence-electron chi connectivity index (χ2n) is 5.35. The largest absolute Gasteiger partial charge is 0.478 e. The lowest BCUT2D eigenvalue weighted by atomic mass is 10.2. The Kier molecular flexibility index (Phi) is 5.90. The third kappa shape index (κ3) is 4.88. The number of rotatable bonds is 6. The molecule has 0 bridgehead atoms. The van der Waals surface area contributed by atoms with Gasteiger partial charge in [0.1, 0.15) is 10.7 Å². The van der Waals surface area contributed by atoms with E-state index in [1.807, 2.05) is 4.72 Å². The Morgan fingerprint density at radius 3 is 2.52 bits per heavy atom. The maximum absolute atomic E-state index is 12.4. The van der Waals surface area contributed by atoms with E-state index in [4.69, 9.17) is 9.84 Å². The minimum absolute atomic E-state index is 0.0642. The van der Waals surface area contributed by atoms with Crippen molar-refractivity contribution in [1.29, 1.82) is 0 Å². The first-order valence-corrected chi connectivity index (χ1v) is 8.98. The van der Waals surface area contributed by atoms with Gasteiger partial charge < -0.3 is 14.7 Å². The molecule has 12 heteroatoms. The molecule has 27 heavy (non-hydrogen) atoms. The summed E-state index contributed by atoms with van der Waals surface area (Å²) >= 11 is 0. The summed E-state index contributed by atoms with van der Waals surface area (Å²) in [6, 6.07) is 4.05. The monoisotopic (exact) mass is 395 g/mol. The first kappa shape index (κ1) is 20.0. The van der Waals surface area contributed by atoms with Crippen molar-refractivity contribution in [2.75, 3.05) is 14.2 Å². The van der Waals surface area contributed by atoms with Gasteiger partial charge in [-0.15, -0.1) is 0 Å². The van der Waals surface area contributed by atoms with Crippen LogP contribution < -0.4 is 9.46 Å². The van der Waals surface area contributed by atoms with Crippen LogP contribution in [-0.2, 0) is 16.6 Å². The molecule has 11 nitrogen and oxygen atoms in total. The molecule has 0 saturated heterocycles. The van der Waals surface area contributed by atoms with E-state index in [1.54, 1.807) is 6.92 Å². The van der Waals surface area contributed by atoms with Crippen LogP contribution in [0.2, 0.25) is 0 Å². The Morgan fingerprint density at radius 2 is 1.89 bits per heavy atom. The number of aromatic nitrogens is 3. The lowest BCUT2D eigenvalue weighted by Gasteiger charge is -2.18. The van der Waals surface area contributed by atoms with Gasteiger partial charge in [0.15, 0.2) is 5.82 Å². The van der Waals surface area contributed by atoms with Gasteiger partial charge in [-0.1, -0.05) is 12.1 Å². The van der Waals surface area contributed by atoms with E-state index in [2.05, 4.69) is 15.0 Å². The Morgan fingerprint density at radius 1 is 1.22 bits per heavy atom. The van der Waals surface area contributed by atoms with Gasteiger partial charge in [0.2, 0.25) is 0 Å². The van der Waals surface area contributed by atoms with Gasteiger partial charge in [0.25, 0.3) is 10.0 Å². The van der Waals surface area contributed by atoms with Crippen molar-refractivity contribution in [3.8, 4) is 6.01 Å². The molecule has 2 amide bonds. The number of hydrogen-bond donors (Lipinski definition) is 2. The van der Waals surface area contributed by atoms with Crippen LogP contribution in [0.25, 0.3) is 0 Å². The fourth-order valence-corrected chi connectivity index (χ4v) is 3.28. The number of carboxylic acids is 1. The topological polar surface area (TPSA) is 152 Å². The number of carbonyl (C=O) groups excluding carboxylic acids is 1. The number of carbonyl (C=O) groups is 2. The van der Waals surface area contributed by atoms with Crippen LogP contribution in [0.3, 0.4) is 0 Å². The number of sulfonamides is 1. The number of urea groups is 1. The second kappa shape index (κ2) is 7.95. The van der Waals surface area contributed by atoms with E-state index in [0.29, 0.717) is 5.82 Å². The number of carboxylic acid groups (broad SMARTS) is 1. The molecule has 0 saturated carbocycles. The van der Waals surface area contributed by atoms with E-state index in [0.717, 1.165) is 17.0 Å². The highest BCUT2D eigenvalue weighted by atomic mass is 32.2. The summed E-state index contributed by atoms with van der Waals surface area (Å²) in [5.74, 6) is -0.862. The van der Waals surface area contributed by atoms with Gasteiger partial charge in [0.05, 0.1) is 19.2 Å². The van der Waals surface area contributed by atoms with Crippen LogP contribution in [0.1, 0.15) is 22.0 Å². The first-order chi connectivity index (χ1) is 12.6. The molecule has 2 N–H and O–H groups in total. The summed E-state index contributed by atoms with van der Waals surface area (Å²) in [4.78, 5) is 35.9. The number of aryl methyl sites for hydroxylation is 1. The van der Waals surface area contributed by atoms with E-state index in [9.17, 15) is 18.0 Å². The Balaban J connectivity index is 2.19. The molecule has 0 unspecified atom stereocenters. The second-order valence-corrected chi connectivity index (χ2v) is 7.00. The average Bonchev–Trinajstić information content (AvgIpc) is 2.60. The van der Waals surface area contributed by atoms with E-state index in [-0.39, 0.29) is 18.4 Å². The van der Waals surface area contributed by atoms with Crippen molar-refractivity contribution in [2.24, 2.45) is 0 Å². The molecule has 0 atom stereocenters. The Hall–Kier alpha value is -3.28. The van der Waals surface area contributed by atoms with E-state index < -0.39 is 32.5 Å². The molecule has 1 aromatic heterocycles. The lowest BCUT2D eigenvalue weighted by molar-refractivity contribution is 0.0692. The van der Waals surface area contributed by atoms with Crippen LogP contribution in [0, 0.1) is 6.92 Å². The molecule has 2 rings (SSSR count). The molecular weight excluding hydrogens is 378 g/mol. The third-order valence-corrected chi connectivity index (χ3v) is 4.69. The highest BCUT2D eigenvalue weighted by molar-refractivity contribution is 7.90. The SMILES string of the molecule is COc1nc(C)nc(CN(C)C(=O)NS(=O)(=O)c2ccccc2C(=O)O)n1.